The van der Waals surface area contributed by atoms with Gasteiger partial charge in [-0.25, -0.2) is 4.39 Å². The molecule has 1 aromatic rings. The van der Waals surface area contributed by atoms with Gasteiger partial charge in [0.25, 0.3) is 0 Å². The lowest BCUT2D eigenvalue weighted by Gasteiger charge is -2.18. The van der Waals surface area contributed by atoms with E-state index in [0.29, 0.717) is 6.04 Å². The van der Waals surface area contributed by atoms with Crippen LogP contribution in [0.15, 0.2) is 24.3 Å². The van der Waals surface area contributed by atoms with E-state index in [-0.39, 0.29) is 5.82 Å². The monoisotopic (exact) mass is 208 g/mol. The van der Waals surface area contributed by atoms with Crippen molar-refractivity contribution in [2.75, 3.05) is 24.5 Å². The summed E-state index contributed by atoms with van der Waals surface area (Å²) in [6.07, 6.45) is 1.17. The smallest absolute Gasteiger partial charge is 0.123 e. The Morgan fingerprint density at radius 2 is 2.13 bits per heavy atom. The van der Waals surface area contributed by atoms with Crippen molar-refractivity contribution >= 4 is 5.69 Å². The zero-order valence-electron chi connectivity index (χ0n) is 9.04. The minimum absolute atomic E-state index is 0.166. The third kappa shape index (κ3) is 2.48. The molecule has 82 valence electrons. The highest BCUT2D eigenvalue weighted by Crippen LogP contribution is 2.20. The molecule has 2 nitrogen and oxygen atoms in total. The minimum atomic E-state index is -0.166. The normalized spacial score (nSPS) is 20.9. The molecule has 1 saturated heterocycles. The first kappa shape index (κ1) is 10.4. The molecule has 1 unspecified atom stereocenters. The highest BCUT2D eigenvalue weighted by Gasteiger charge is 2.21. The molecule has 15 heavy (non-hydrogen) atoms. The summed E-state index contributed by atoms with van der Waals surface area (Å²) in [7, 11) is 0. The number of likely N-dealkylation sites (N-methyl/N-ethyl adjacent to an activating group) is 1. The van der Waals surface area contributed by atoms with E-state index in [4.69, 9.17) is 0 Å². The van der Waals surface area contributed by atoms with Gasteiger partial charge in [-0.2, -0.15) is 0 Å². The molecular formula is C12H17FN2. The summed E-state index contributed by atoms with van der Waals surface area (Å²) in [6, 6.07) is 7.33. The molecule has 0 aliphatic carbocycles. The molecule has 1 aromatic carbocycles. The summed E-state index contributed by atoms with van der Waals surface area (Å²) in [5, 5.41) is 3.44. The van der Waals surface area contributed by atoms with Gasteiger partial charge in [0.05, 0.1) is 0 Å². The van der Waals surface area contributed by atoms with Gasteiger partial charge in [0.1, 0.15) is 5.82 Å². The van der Waals surface area contributed by atoms with Gasteiger partial charge in [-0.3, -0.25) is 0 Å². The standard InChI is InChI=1S/C12H17FN2/c1-2-14-11-7-8-15(9-11)12-5-3-10(13)4-6-12/h3-6,11,14H,2,7-9H2,1H3. The number of halogens is 1. The van der Waals surface area contributed by atoms with E-state index in [1.165, 1.54) is 18.6 Å². The molecule has 1 atom stereocenters. The Balaban J connectivity index is 1.98. The van der Waals surface area contributed by atoms with Crippen LogP contribution in [-0.2, 0) is 0 Å². The average Bonchev–Trinajstić information content (AvgIpc) is 2.68. The number of anilines is 1. The van der Waals surface area contributed by atoms with Crippen LogP contribution in [0.2, 0.25) is 0 Å². The highest BCUT2D eigenvalue weighted by molar-refractivity contribution is 5.47. The fraction of sp³-hybridized carbons (Fsp3) is 0.500. The van der Waals surface area contributed by atoms with Crippen molar-refractivity contribution in [2.45, 2.75) is 19.4 Å². The zero-order chi connectivity index (χ0) is 10.7. The maximum Gasteiger partial charge on any atom is 0.123 e. The number of benzene rings is 1. The Hall–Kier alpha value is -1.09. The maximum absolute atomic E-state index is 12.7. The van der Waals surface area contributed by atoms with Gasteiger partial charge in [0.15, 0.2) is 0 Å². The Morgan fingerprint density at radius 3 is 2.80 bits per heavy atom. The summed E-state index contributed by atoms with van der Waals surface area (Å²) in [4.78, 5) is 2.30. The van der Waals surface area contributed by atoms with Crippen molar-refractivity contribution in [3.63, 3.8) is 0 Å². The Morgan fingerprint density at radius 1 is 1.40 bits per heavy atom. The number of hydrogen-bond donors (Lipinski definition) is 1. The first-order chi connectivity index (χ1) is 7.29. The largest absolute Gasteiger partial charge is 0.370 e. The lowest BCUT2D eigenvalue weighted by molar-refractivity contribution is 0.572. The molecule has 1 fully saturated rings. The molecule has 1 aliphatic heterocycles. The first-order valence-corrected chi connectivity index (χ1v) is 5.53. The van der Waals surface area contributed by atoms with Gasteiger partial charge in [0, 0.05) is 24.8 Å². The van der Waals surface area contributed by atoms with Crippen molar-refractivity contribution in [3.05, 3.63) is 30.1 Å². The molecule has 0 spiro atoms. The molecule has 2 rings (SSSR count). The Kier molecular flexibility index (Phi) is 3.21. The second-order valence-electron chi connectivity index (χ2n) is 3.97. The van der Waals surface area contributed by atoms with Crippen molar-refractivity contribution in [3.8, 4) is 0 Å². The highest BCUT2D eigenvalue weighted by atomic mass is 19.1. The van der Waals surface area contributed by atoms with E-state index in [0.717, 1.165) is 25.3 Å². The molecule has 0 bridgehead atoms. The van der Waals surface area contributed by atoms with E-state index < -0.39 is 0 Å². The van der Waals surface area contributed by atoms with Crippen LogP contribution in [0.3, 0.4) is 0 Å². The van der Waals surface area contributed by atoms with E-state index in [9.17, 15) is 4.39 Å². The van der Waals surface area contributed by atoms with Crippen molar-refractivity contribution < 1.29 is 4.39 Å². The van der Waals surface area contributed by atoms with Crippen LogP contribution >= 0.6 is 0 Å². The third-order valence-electron chi connectivity index (χ3n) is 2.87. The third-order valence-corrected chi connectivity index (χ3v) is 2.87. The second kappa shape index (κ2) is 4.62. The maximum atomic E-state index is 12.7. The van der Waals surface area contributed by atoms with Crippen LogP contribution < -0.4 is 10.2 Å². The second-order valence-corrected chi connectivity index (χ2v) is 3.97. The molecule has 1 N–H and O–H groups in total. The summed E-state index contributed by atoms with van der Waals surface area (Å²) in [5.41, 5.74) is 1.12. The first-order valence-electron chi connectivity index (χ1n) is 5.53. The number of hydrogen-bond acceptors (Lipinski definition) is 2. The van der Waals surface area contributed by atoms with Crippen LogP contribution in [0, 0.1) is 5.82 Å². The van der Waals surface area contributed by atoms with E-state index in [2.05, 4.69) is 17.1 Å². The summed E-state index contributed by atoms with van der Waals surface area (Å²) < 4.78 is 12.7. The lowest BCUT2D eigenvalue weighted by atomic mass is 10.2. The quantitative estimate of drug-likeness (QED) is 0.817. The number of nitrogens with zero attached hydrogens (tertiary/aromatic N) is 1. The van der Waals surface area contributed by atoms with Crippen LogP contribution in [-0.4, -0.2) is 25.7 Å². The van der Waals surface area contributed by atoms with Crippen molar-refractivity contribution in [2.24, 2.45) is 0 Å². The summed E-state index contributed by atoms with van der Waals surface area (Å²) >= 11 is 0. The molecule has 0 aromatic heterocycles. The Labute approximate surface area is 90.1 Å². The van der Waals surface area contributed by atoms with Crippen molar-refractivity contribution in [1.29, 1.82) is 0 Å². The van der Waals surface area contributed by atoms with Crippen molar-refractivity contribution in [1.82, 2.24) is 5.32 Å². The predicted molar refractivity (Wildman–Crippen MR) is 60.7 cm³/mol. The van der Waals surface area contributed by atoms with Gasteiger partial charge < -0.3 is 10.2 Å². The lowest BCUT2D eigenvalue weighted by Crippen LogP contribution is -2.32. The predicted octanol–water partition coefficient (Wildman–Crippen LogP) is 2.01. The van der Waals surface area contributed by atoms with Gasteiger partial charge in [-0.05, 0) is 37.2 Å². The molecular weight excluding hydrogens is 191 g/mol. The van der Waals surface area contributed by atoms with Gasteiger partial charge in [-0.1, -0.05) is 6.92 Å². The topological polar surface area (TPSA) is 15.3 Å². The minimum Gasteiger partial charge on any atom is -0.370 e. The van der Waals surface area contributed by atoms with Gasteiger partial charge in [0.2, 0.25) is 0 Å². The zero-order valence-corrected chi connectivity index (χ0v) is 9.04. The summed E-state index contributed by atoms with van der Waals surface area (Å²) in [5.74, 6) is -0.166. The fourth-order valence-corrected chi connectivity index (χ4v) is 2.10. The molecule has 0 amide bonds. The fourth-order valence-electron chi connectivity index (χ4n) is 2.10. The number of nitrogens with one attached hydrogen (secondary N) is 1. The van der Waals surface area contributed by atoms with Crippen LogP contribution in [0.4, 0.5) is 10.1 Å². The number of rotatable bonds is 3. The SMILES string of the molecule is CCNC1CCN(c2ccc(F)cc2)C1. The molecule has 0 radical (unpaired) electrons. The molecule has 1 heterocycles. The van der Waals surface area contributed by atoms with E-state index in [1.807, 2.05) is 12.1 Å². The van der Waals surface area contributed by atoms with E-state index in [1.54, 1.807) is 0 Å². The molecule has 1 aliphatic rings. The average molecular weight is 208 g/mol. The van der Waals surface area contributed by atoms with Gasteiger partial charge >= 0.3 is 0 Å². The molecule has 0 saturated carbocycles. The van der Waals surface area contributed by atoms with Crippen LogP contribution in [0.25, 0.3) is 0 Å². The summed E-state index contributed by atoms with van der Waals surface area (Å²) in [6.45, 7) is 5.23. The van der Waals surface area contributed by atoms with Crippen LogP contribution in [0.1, 0.15) is 13.3 Å². The van der Waals surface area contributed by atoms with Crippen LogP contribution in [0.5, 0.6) is 0 Å². The molecule has 3 heteroatoms. The van der Waals surface area contributed by atoms with Gasteiger partial charge in [-0.15, -0.1) is 0 Å². The van der Waals surface area contributed by atoms with E-state index >= 15 is 0 Å². The Bertz CT molecular complexity index is 310.